The molecule has 0 aliphatic heterocycles. The average Bonchev–Trinajstić information content (AvgIpc) is 3.07. The van der Waals surface area contributed by atoms with Crippen LogP contribution in [0.4, 0.5) is 23.7 Å². The van der Waals surface area contributed by atoms with Crippen LogP contribution in [-0.2, 0) is 14.6 Å². The third-order valence-corrected chi connectivity index (χ3v) is 9.07. The van der Waals surface area contributed by atoms with Gasteiger partial charge in [-0.15, -0.1) is 0 Å². The number of fused-ring (bicyclic) bond motifs is 2. The number of hydrogen-bond donors (Lipinski definition) is 2. The first-order chi connectivity index (χ1) is 16.5. The topological polar surface area (TPSA) is 116 Å². The molecule has 4 rings (SSSR count). The Morgan fingerprint density at radius 1 is 1.11 bits per heavy atom. The van der Waals surface area contributed by atoms with E-state index >= 15 is 0 Å². The summed E-state index contributed by atoms with van der Waals surface area (Å²) in [5, 5.41) is 1.36. The van der Waals surface area contributed by atoms with Crippen molar-refractivity contribution < 1.29 is 35.9 Å². The smallest absolute Gasteiger partial charge is 0.404 e. The van der Waals surface area contributed by atoms with Crippen molar-refractivity contribution >= 4 is 39.1 Å². The van der Waals surface area contributed by atoms with E-state index in [-0.39, 0.29) is 39.6 Å². The zero-order valence-corrected chi connectivity index (χ0v) is 19.6. The van der Waals surface area contributed by atoms with E-state index in [2.05, 4.69) is 5.32 Å². The summed E-state index contributed by atoms with van der Waals surface area (Å²) in [4.78, 5) is 23.3. The lowest BCUT2D eigenvalue weighted by atomic mass is 9.89. The molecule has 3 atom stereocenters. The maximum absolute atomic E-state index is 13.6. The van der Waals surface area contributed by atoms with Crippen LogP contribution in [0.1, 0.15) is 29.6 Å². The highest BCUT2D eigenvalue weighted by atomic mass is 35.5. The van der Waals surface area contributed by atoms with Gasteiger partial charge in [0.2, 0.25) is 0 Å². The number of carbonyl (C=O) groups is 2. The van der Waals surface area contributed by atoms with E-state index in [0.29, 0.717) is 31.4 Å². The summed E-state index contributed by atoms with van der Waals surface area (Å²) < 4.78 is 72.2. The fourth-order valence-electron chi connectivity index (χ4n) is 4.78. The van der Waals surface area contributed by atoms with Crippen LogP contribution in [0.25, 0.3) is 0 Å². The number of hydrogen-bond acceptors (Lipinski definition) is 5. The van der Waals surface area contributed by atoms with Gasteiger partial charge in [-0.25, -0.2) is 26.4 Å². The van der Waals surface area contributed by atoms with Gasteiger partial charge in [-0.2, -0.15) is 0 Å². The van der Waals surface area contributed by atoms with Crippen LogP contribution in [0.2, 0.25) is 5.02 Å². The van der Waals surface area contributed by atoms with Crippen LogP contribution in [0.15, 0.2) is 46.9 Å². The molecule has 0 radical (unpaired) electrons. The van der Waals surface area contributed by atoms with Crippen LogP contribution < -0.4 is 11.1 Å². The highest BCUT2D eigenvalue weighted by molar-refractivity contribution is 7.92. The largest absolute Gasteiger partial charge is 0.445 e. The number of benzene rings is 2. The molecule has 7 nitrogen and oxygen atoms in total. The molecule has 3 N–H and O–H groups in total. The summed E-state index contributed by atoms with van der Waals surface area (Å²) in [6.07, 6.45) is 2.55. The fraction of sp³-hybridized carbons (Fsp3) is 0.304. The Morgan fingerprint density at radius 2 is 1.80 bits per heavy atom. The van der Waals surface area contributed by atoms with Crippen LogP contribution in [0, 0.1) is 29.3 Å². The molecule has 0 spiro atoms. The van der Waals surface area contributed by atoms with E-state index in [1.54, 1.807) is 6.08 Å². The first kappa shape index (κ1) is 25.1. The Hall–Kier alpha value is -3.05. The molecule has 1 unspecified atom stereocenters. The van der Waals surface area contributed by atoms with Gasteiger partial charge >= 0.3 is 6.09 Å². The van der Waals surface area contributed by atoms with E-state index in [0.717, 1.165) is 11.6 Å². The number of anilines is 1. The summed E-state index contributed by atoms with van der Waals surface area (Å²) in [6.45, 7) is -0.00388. The standard InChI is InChI=1S/C23H20ClF3N2O5S/c24-16-4-3-14(22(30)29-15-8-17(25)20(27)18(26)9-15)7-19(16)35(32,33)21-12-1-2-13(21)6-11(5-12)10-34-23(28)31/h3-5,7-9,12-13,21H,1-2,6,10H2,(H2,28,31)(H,29,30)/t12-,13?,21-/m0/s1. The Labute approximate surface area is 204 Å². The van der Waals surface area contributed by atoms with Gasteiger partial charge < -0.3 is 15.8 Å². The molecule has 2 aliphatic carbocycles. The molecule has 0 heterocycles. The number of allylic oxidation sites excluding steroid dienone is 1. The van der Waals surface area contributed by atoms with Gasteiger partial charge in [0.1, 0.15) is 6.61 Å². The second kappa shape index (κ2) is 9.54. The van der Waals surface area contributed by atoms with Gasteiger partial charge in [-0.1, -0.05) is 17.7 Å². The first-order valence-corrected chi connectivity index (χ1v) is 12.5. The molecule has 2 amide bonds. The molecule has 186 valence electrons. The number of nitrogens with two attached hydrogens (primary N) is 1. The summed E-state index contributed by atoms with van der Waals surface area (Å²) in [7, 11) is -3.99. The zero-order valence-electron chi connectivity index (χ0n) is 18.1. The third kappa shape index (κ3) is 5.01. The van der Waals surface area contributed by atoms with Crippen molar-refractivity contribution in [1.82, 2.24) is 0 Å². The van der Waals surface area contributed by atoms with Gasteiger partial charge in [0.25, 0.3) is 5.91 Å². The van der Waals surface area contributed by atoms with E-state index in [9.17, 15) is 31.2 Å². The van der Waals surface area contributed by atoms with Crippen LogP contribution >= 0.6 is 11.6 Å². The number of halogens is 4. The zero-order chi connectivity index (χ0) is 25.5. The van der Waals surface area contributed by atoms with Crippen LogP contribution in [-0.4, -0.2) is 32.3 Å². The van der Waals surface area contributed by atoms with Crippen molar-refractivity contribution in [2.45, 2.75) is 29.4 Å². The quantitative estimate of drug-likeness (QED) is 0.420. The fourth-order valence-corrected chi connectivity index (χ4v) is 7.56. The molecule has 0 saturated heterocycles. The van der Waals surface area contributed by atoms with Crippen molar-refractivity contribution in [3.8, 4) is 0 Å². The van der Waals surface area contributed by atoms with Gasteiger partial charge in [0.05, 0.1) is 15.2 Å². The normalized spacial score (nSPS) is 21.4. The third-order valence-electron chi connectivity index (χ3n) is 6.23. The number of amides is 2. The molecule has 2 bridgehead atoms. The molecule has 2 aromatic carbocycles. The van der Waals surface area contributed by atoms with E-state index in [4.69, 9.17) is 22.1 Å². The monoisotopic (exact) mass is 528 g/mol. The van der Waals surface area contributed by atoms with Crippen molar-refractivity contribution in [2.24, 2.45) is 17.6 Å². The summed E-state index contributed by atoms with van der Waals surface area (Å²) in [6, 6.07) is 4.84. The SMILES string of the molecule is NC(=O)OCC1=C[C@@H]2CCC(C1)[C@H]2S(=O)(=O)c1cc(C(=O)Nc2cc(F)c(F)c(F)c2)ccc1Cl. The van der Waals surface area contributed by atoms with Crippen molar-refractivity contribution in [1.29, 1.82) is 0 Å². The number of rotatable bonds is 6. The number of nitrogens with one attached hydrogen (secondary N) is 1. The summed E-state index contributed by atoms with van der Waals surface area (Å²) in [5.74, 6) is -6.07. The predicted molar refractivity (Wildman–Crippen MR) is 121 cm³/mol. The number of ether oxygens (including phenoxy) is 1. The highest BCUT2D eigenvalue weighted by Gasteiger charge is 2.47. The Morgan fingerprint density at radius 3 is 2.43 bits per heavy atom. The van der Waals surface area contributed by atoms with E-state index in [1.165, 1.54) is 12.1 Å². The maximum Gasteiger partial charge on any atom is 0.404 e. The number of sulfone groups is 1. The molecular weight excluding hydrogens is 509 g/mol. The number of carbonyl (C=O) groups excluding carboxylic acids is 2. The van der Waals surface area contributed by atoms with E-state index in [1.807, 2.05) is 0 Å². The van der Waals surface area contributed by atoms with Crippen molar-refractivity contribution in [3.05, 3.63) is 70.0 Å². The minimum Gasteiger partial charge on any atom is -0.445 e. The lowest BCUT2D eigenvalue weighted by Gasteiger charge is -2.29. The first-order valence-electron chi connectivity index (χ1n) is 10.6. The van der Waals surface area contributed by atoms with Crippen LogP contribution in [0.3, 0.4) is 0 Å². The molecule has 2 aromatic rings. The molecular formula is C23H20ClF3N2O5S. The molecule has 35 heavy (non-hydrogen) atoms. The van der Waals surface area contributed by atoms with Crippen molar-refractivity contribution in [3.63, 3.8) is 0 Å². The minimum atomic E-state index is -3.99. The lowest BCUT2D eigenvalue weighted by Crippen LogP contribution is -2.34. The summed E-state index contributed by atoms with van der Waals surface area (Å²) in [5.41, 5.74) is 5.34. The number of primary amides is 1. The van der Waals surface area contributed by atoms with Gasteiger partial charge in [-0.05, 0) is 54.9 Å². The predicted octanol–water partition coefficient (Wildman–Crippen LogP) is 4.60. The molecule has 2 aliphatic rings. The summed E-state index contributed by atoms with van der Waals surface area (Å²) >= 11 is 6.21. The lowest BCUT2D eigenvalue weighted by molar-refractivity contribution is 0.102. The molecule has 12 heteroatoms. The molecule has 1 saturated carbocycles. The highest BCUT2D eigenvalue weighted by Crippen LogP contribution is 2.47. The average molecular weight is 529 g/mol. The van der Waals surface area contributed by atoms with Crippen molar-refractivity contribution in [2.75, 3.05) is 11.9 Å². The van der Waals surface area contributed by atoms with Gasteiger partial charge in [0, 0.05) is 23.4 Å². The minimum absolute atomic E-state index is 0.00388. The molecule has 1 fully saturated rings. The van der Waals surface area contributed by atoms with Gasteiger partial charge in [-0.3, -0.25) is 4.79 Å². The molecule has 0 aromatic heterocycles. The maximum atomic E-state index is 13.6. The Kier molecular flexibility index (Phi) is 6.83. The Bertz CT molecular complexity index is 1330. The van der Waals surface area contributed by atoms with E-state index < -0.39 is 44.5 Å². The van der Waals surface area contributed by atoms with Gasteiger partial charge in [0.15, 0.2) is 27.3 Å². The second-order valence-electron chi connectivity index (χ2n) is 8.50. The van der Waals surface area contributed by atoms with Crippen LogP contribution in [0.5, 0.6) is 0 Å². The second-order valence-corrected chi connectivity index (χ2v) is 11.0. The Balaban J connectivity index is 1.60.